The first-order valence-corrected chi connectivity index (χ1v) is 7.60. The Morgan fingerprint density at radius 2 is 1.68 bits per heavy atom. The molecule has 0 aliphatic carbocycles. The zero-order valence-corrected chi connectivity index (χ0v) is 11.9. The highest BCUT2D eigenvalue weighted by atomic mass is 35.5. The summed E-state index contributed by atoms with van der Waals surface area (Å²) < 4.78 is 29.5. The number of benzene rings is 2. The zero-order valence-electron chi connectivity index (χ0n) is 10.3. The van der Waals surface area contributed by atoms with E-state index >= 15 is 0 Å². The molecule has 0 amide bonds. The Morgan fingerprint density at radius 1 is 1.05 bits per heavy atom. The fraction of sp³-hybridized carbons (Fsp3) is 0.143. The molecule has 0 bridgehead atoms. The second-order valence-electron chi connectivity index (χ2n) is 3.93. The van der Waals surface area contributed by atoms with Gasteiger partial charge in [0.1, 0.15) is 10.6 Å². The van der Waals surface area contributed by atoms with Crippen molar-refractivity contribution in [3.05, 3.63) is 59.1 Å². The number of halogens is 1. The Bertz CT molecular complexity index is 681. The van der Waals surface area contributed by atoms with Crippen molar-refractivity contribution in [3.63, 3.8) is 0 Å². The van der Waals surface area contributed by atoms with E-state index in [0.29, 0.717) is 12.2 Å². The highest BCUT2D eigenvalue weighted by Crippen LogP contribution is 2.26. The van der Waals surface area contributed by atoms with E-state index in [0.717, 1.165) is 5.56 Å². The largest absolute Gasteiger partial charge is 0.379 e. The van der Waals surface area contributed by atoms with Crippen LogP contribution in [0.15, 0.2) is 53.4 Å². The standard InChI is InChI=1S/C14H13ClO3S/c1-2-11-7-3-5-9-13(11)18-19(16,17)14-10-6-4-8-12(14)15/h3-10H,2H2,1H3. The van der Waals surface area contributed by atoms with Crippen LogP contribution in [0, 0.1) is 0 Å². The topological polar surface area (TPSA) is 43.4 Å². The predicted octanol–water partition coefficient (Wildman–Crippen LogP) is 3.67. The molecular weight excluding hydrogens is 284 g/mol. The summed E-state index contributed by atoms with van der Waals surface area (Å²) in [5, 5.41) is 0.150. The van der Waals surface area contributed by atoms with Crippen LogP contribution in [0.5, 0.6) is 5.75 Å². The number of aryl methyl sites for hydroxylation is 1. The number of hydrogen-bond acceptors (Lipinski definition) is 3. The molecule has 0 heterocycles. The van der Waals surface area contributed by atoms with Gasteiger partial charge < -0.3 is 4.18 Å². The molecule has 19 heavy (non-hydrogen) atoms. The van der Waals surface area contributed by atoms with Gasteiger partial charge in [0.2, 0.25) is 0 Å². The Morgan fingerprint density at radius 3 is 2.37 bits per heavy atom. The minimum absolute atomic E-state index is 0.0254. The van der Waals surface area contributed by atoms with Gasteiger partial charge in [-0.25, -0.2) is 0 Å². The SMILES string of the molecule is CCc1ccccc1OS(=O)(=O)c1ccccc1Cl. The summed E-state index contributed by atoms with van der Waals surface area (Å²) in [5.41, 5.74) is 0.832. The van der Waals surface area contributed by atoms with Crippen LogP contribution in [-0.4, -0.2) is 8.42 Å². The maximum Gasteiger partial charge on any atom is 0.340 e. The lowest BCUT2D eigenvalue weighted by molar-refractivity contribution is 0.483. The van der Waals surface area contributed by atoms with Crippen molar-refractivity contribution >= 4 is 21.7 Å². The third-order valence-corrected chi connectivity index (χ3v) is 4.39. The van der Waals surface area contributed by atoms with Gasteiger partial charge in [-0.15, -0.1) is 0 Å². The highest BCUT2D eigenvalue weighted by molar-refractivity contribution is 7.87. The predicted molar refractivity (Wildman–Crippen MR) is 75.1 cm³/mol. The van der Waals surface area contributed by atoms with Crippen LogP contribution < -0.4 is 4.18 Å². The van der Waals surface area contributed by atoms with Crippen molar-refractivity contribution in [2.45, 2.75) is 18.2 Å². The third kappa shape index (κ3) is 3.08. The molecule has 0 fully saturated rings. The number of rotatable bonds is 4. The van der Waals surface area contributed by atoms with Crippen LogP contribution in [0.1, 0.15) is 12.5 Å². The normalized spacial score (nSPS) is 11.3. The summed E-state index contributed by atoms with van der Waals surface area (Å²) in [4.78, 5) is -0.0254. The van der Waals surface area contributed by atoms with E-state index in [1.54, 1.807) is 24.3 Å². The van der Waals surface area contributed by atoms with E-state index in [1.807, 2.05) is 19.1 Å². The molecule has 0 saturated heterocycles. The summed E-state index contributed by atoms with van der Waals surface area (Å²) >= 11 is 5.89. The molecule has 100 valence electrons. The maximum absolute atomic E-state index is 12.2. The molecule has 2 aromatic carbocycles. The Labute approximate surface area is 117 Å². The molecule has 0 unspecified atom stereocenters. The van der Waals surface area contributed by atoms with Crippen molar-refractivity contribution < 1.29 is 12.6 Å². The summed E-state index contributed by atoms with van der Waals surface area (Å²) in [7, 11) is -3.91. The van der Waals surface area contributed by atoms with Crippen LogP contribution in [0.3, 0.4) is 0 Å². The van der Waals surface area contributed by atoms with Gasteiger partial charge in [0, 0.05) is 0 Å². The molecule has 0 radical (unpaired) electrons. The van der Waals surface area contributed by atoms with E-state index in [4.69, 9.17) is 15.8 Å². The first kappa shape index (κ1) is 13.9. The van der Waals surface area contributed by atoms with Crippen LogP contribution in [0.4, 0.5) is 0 Å². The molecule has 2 rings (SSSR count). The molecule has 5 heteroatoms. The van der Waals surface area contributed by atoms with Gasteiger partial charge in [-0.05, 0) is 30.2 Å². The quantitative estimate of drug-likeness (QED) is 0.809. The molecule has 0 aliphatic heterocycles. The van der Waals surface area contributed by atoms with Gasteiger partial charge >= 0.3 is 10.1 Å². The Hall–Kier alpha value is -1.52. The summed E-state index contributed by atoms with van der Waals surface area (Å²) in [6.07, 6.45) is 0.689. The molecule has 0 spiro atoms. The van der Waals surface area contributed by atoms with E-state index in [1.165, 1.54) is 12.1 Å². The van der Waals surface area contributed by atoms with Gasteiger partial charge in [-0.3, -0.25) is 0 Å². The van der Waals surface area contributed by atoms with Gasteiger partial charge in [-0.2, -0.15) is 8.42 Å². The third-order valence-electron chi connectivity index (χ3n) is 2.66. The average molecular weight is 297 g/mol. The summed E-state index contributed by atoms with van der Waals surface area (Å²) in [6.45, 7) is 1.93. The molecule has 2 aromatic rings. The Balaban J connectivity index is 2.40. The van der Waals surface area contributed by atoms with E-state index < -0.39 is 10.1 Å². The highest BCUT2D eigenvalue weighted by Gasteiger charge is 2.20. The molecule has 0 aliphatic rings. The van der Waals surface area contributed by atoms with Gasteiger partial charge in [-0.1, -0.05) is 48.9 Å². The van der Waals surface area contributed by atoms with Crippen molar-refractivity contribution in [3.8, 4) is 5.75 Å². The summed E-state index contributed by atoms with van der Waals surface area (Å²) in [5.74, 6) is 0.338. The second-order valence-corrected chi connectivity index (χ2v) is 5.85. The smallest absolute Gasteiger partial charge is 0.340 e. The van der Waals surface area contributed by atoms with Crippen LogP contribution in [0.25, 0.3) is 0 Å². The fourth-order valence-electron chi connectivity index (χ4n) is 1.69. The molecule has 3 nitrogen and oxygen atoms in total. The van der Waals surface area contributed by atoms with Gasteiger partial charge in [0.15, 0.2) is 0 Å². The number of hydrogen-bond donors (Lipinski definition) is 0. The van der Waals surface area contributed by atoms with Crippen molar-refractivity contribution in [1.82, 2.24) is 0 Å². The minimum Gasteiger partial charge on any atom is -0.379 e. The van der Waals surface area contributed by atoms with E-state index in [2.05, 4.69) is 0 Å². The van der Waals surface area contributed by atoms with Gasteiger partial charge in [0.05, 0.1) is 5.02 Å². The second kappa shape index (κ2) is 5.63. The van der Waals surface area contributed by atoms with Crippen LogP contribution in [0.2, 0.25) is 5.02 Å². The molecule has 0 atom stereocenters. The zero-order chi connectivity index (χ0) is 13.9. The van der Waals surface area contributed by atoms with Crippen LogP contribution in [-0.2, 0) is 16.5 Å². The molecular formula is C14H13ClO3S. The average Bonchev–Trinajstić information content (AvgIpc) is 2.39. The monoisotopic (exact) mass is 296 g/mol. The first-order valence-electron chi connectivity index (χ1n) is 5.81. The summed E-state index contributed by atoms with van der Waals surface area (Å²) in [6, 6.07) is 13.3. The molecule has 0 aromatic heterocycles. The molecule has 0 N–H and O–H groups in total. The Kier molecular flexibility index (Phi) is 4.12. The van der Waals surface area contributed by atoms with E-state index in [-0.39, 0.29) is 9.92 Å². The van der Waals surface area contributed by atoms with Gasteiger partial charge in [0.25, 0.3) is 0 Å². The lowest BCUT2D eigenvalue weighted by Crippen LogP contribution is -2.11. The minimum atomic E-state index is -3.91. The number of para-hydroxylation sites is 1. The lowest BCUT2D eigenvalue weighted by atomic mass is 10.1. The van der Waals surface area contributed by atoms with Crippen molar-refractivity contribution in [2.75, 3.05) is 0 Å². The van der Waals surface area contributed by atoms with Crippen LogP contribution >= 0.6 is 11.6 Å². The first-order chi connectivity index (χ1) is 9.04. The fourth-order valence-corrected chi connectivity index (χ4v) is 3.15. The van der Waals surface area contributed by atoms with Crippen molar-refractivity contribution in [2.24, 2.45) is 0 Å². The lowest BCUT2D eigenvalue weighted by Gasteiger charge is -2.11. The van der Waals surface area contributed by atoms with Crippen molar-refractivity contribution in [1.29, 1.82) is 0 Å². The molecule has 0 saturated carbocycles. The van der Waals surface area contributed by atoms with E-state index in [9.17, 15) is 8.42 Å². The maximum atomic E-state index is 12.2.